The van der Waals surface area contributed by atoms with Crippen LogP contribution in [0.1, 0.15) is 5.56 Å². The Morgan fingerprint density at radius 2 is 1.84 bits per heavy atom. The Morgan fingerprint density at radius 3 is 2.61 bits per heavy atom. The number of morpholine rings is 1. The summed E-state index contributed by atoms with van der Waals surface area (Å²) in [6.45, 7) is 2.82. The molecule has 3 heterocycles. The molecule has 0 atom stereocenters. The van der Waals surface area contributed by atoms with Gasteiger partial charge in [-0.1, -0.05) is 12.1 Å². The van der Waals surface area contributed by atoms with E-state index in [0.717, 1.165) is 40.9 Å². The van der Waals surface area contributed by atoms with Crippen LogP contribution >= 0.6 is 0 Å². The third-order valence-electron chi connectivity index (χ3n) is 5.34. The minimum atomic E-state index is 0.618. The second-order valence-electron chi connectivity index (χ2n) is 7.39. The highest BCUT2D eigenvalue weighted by atomic mass is 16.5. The number of nitrogens with zero attached hydrogens (tertiary/aromatic N) is 6. The highest BCUT2D eigenvalue weighted by Gasteiger charge is 2.17. The number of hydrogen-bond acceptors (Lipinski definition) is 7. The molecule has 2 aromatic carbocycles. The molecule has 0 unspecified atom stereocenters. The van der Waals surface area contributed by atoms with Gasteiger partial charge in [0.2, 0.25) is 5.95 Å². The van der Waals surface area contributed by atoms with Crippen molar-refractivity contribution in [3.05, 3.63) is 60.3 Å². The molecule has 1 N–H and O–H groups in total. The Bertz CT molecular complexity index is 1270. The zero-order chi connectivity index (χ0) is 21.2. The number of nitrogens with one attached hydrogen (secondary N) is 1. The SMILES string of the molecule is Cn1ncc2ccc(-c3cc(Nc4ccc(C#N)cc4)nc(N4CCOCC4)n3)cc21. The van der Waals surface area contributed by atoms with Gasteiger partial charge in [-0.15, -0.1) is 0 Å². The van der Waals surface area contributed by atoms with Crippen LogP contribution in [-0.4, -0.2) is 46.1 Å². The molecule has 5 rings (SSSR count). The molecule has 0 saturated carbocycles. The van der Waals surface area contributed by atoms with Crippen molar-refractivity contribution < 1.29 is 4.74 Å². The lowest BCUT2D eigenvalue weighted by Crippen LogP contribution is -2.37. The number of aryl methyl sites for hydroxylation is 1. The predicted octanol–water partition coefficient (Wildman–Crippen LogP) is 3.48. The van der Waals surface area contributed by atoms with Crippen LogP contribution in [0.4, 0.5) is 17.5 Å². The van der Waals surface area contributed by atoms with Crippen molar-refractivity contribution in [2.24, 2.45) is 7.05 Å². The Labute approximate surface area is 179 Å². The maximum Gasteiger partial charge on any atom is 0.228 e. The number of anilines is 3. The van der Waals surface area contributed by atoms with Crippen LogP contribution in [0, 0.1) is 11.3 Å². The minimum Gasteiger partial charge on any atom is -0.378 e. The van der Waals surface area contributed by atoms with Crippen molar-refractivity contribution in [3.63, 3.8) is 0 Å². The van der Waals surface area contributed by atoms with Crippen LogP contribution in [0.2, 0.25) is 0 Å². The van der Waals surface area contributed by atoms with E-state index < -0.39 is 0 Å². The maximum atomic E-state index is 9.03. The van der Waals surface area contributed by atoms with E-state index in [9.17, 15) is 0 Å². The summed E-state index contributed by atoms with van der Waals surface area (Å²) < 4.78 is 7.35. The van der Waals surface area contributed by atoms with Crippen LogP contribution in [0.5, 0.6) is 0 Å². The van der Waals surface area contributed by atoms with Gasteiger partial charge in [0.25, 0.3) is 0 Å². The summed E-state index contributed by atoms with van der Waals surface area (Å²) in [5.41, 5.74) is 4.35. The van der Waals surface area contributed by atoms with Crippen LogP contribution in [0.25, 0.3) is 22.2 Å². The summed E-state index contributed by atoms with van der Waals surface area (Å²) in [7, 11) is 1.93. The molecular weight excluding hydrogens is 390 g/mol. The zero-order valence-corrected chi connectivity index (χ0v) is 17.1. The average molecular weight is 411 g/mol. The molecule has 31 heavy (non-hydrogen) atoms. The van der Waals surface area contributed by atoms with Gasteiger partial charge in [0.1, 0.15) is 5.82 Å². The predicted molar refractivity (Wildman–Crippen MR) is 119 cm³/mol. The number of rotatable bonds is 4. The number of fused-ring (bicyclic) bond motifs is 1. The van der Waals surface area contributed by atoms with Crippen molar-refractivity contribution in [1.82, 2.24) is 19.7 Å². The van der Waals surface area contributed by atoms with Gasteiger partial charge in [-0.3, -0.25) is 4.68 Å². The highest BCUT2D eigenvalue weighted by molar-refractivity contribution is 5.84. The van der Waals surface area contributed by atoms with E-state index in [1.54, 1.807) is 12.1 Å². The lowest BCUT2D eigenvalue weighted by atomic mass is 10.1. The quantitative estimate of drug-likeness (QED) is 0.550. The topological polar surface area (TPSA) is 91.9 Å². The van der Waals surface area contributed by atoms with E-state index >= 15 is 0 Å². The molecule has 4 aromatic rings. The van der Waals surface area contributed by atoms with Gasteiger partial charge >= 0.3 is 0 Å². The molecule has 0 radical (unpaired) electrons. The molecule has 154 valence electrons. The standard InChI is InChI=1S/C23H21N7O/c1-29-21-12-17(4-5-18(21)15-25-29)20-13-22(26-19-6-2-16(14-24)3-7-19)28-23(27-20)30-8-10-31-11-9-30/h2-7,12-13,15H,8-11H2,1H3,(H,26,27,28). The summed E-state index contributed by atoms with van der Waals surface area (Å²) in [6.07, 6.45) is 1.86. The molecule has 8 nitrogen and oxygen atoms in total. The summed E-state index contributed by atoms with van der Waals surface area (Å²) in [4.78, 5) is 11.8. The molecule has 1 saturated heterocycles. The molecular formula is C23H21N7O. The number of nitriles is 1. The lowest BCUT2D eigenvalue weighted by Gasteiger charge is -2.27. The Morgan fingerprint density at radius 1 is 1.03 bits per heavy atom. The van der Waals surface area contributed by atoms with E-state index in [1.807, 2.05) is 36.1 Å². The van der Waals surface area contributed by atoms with Gasteiger partial charge in [-0.2, -0.15) is 15.3 Å². The van der Waals surface area contributed by atoms with Gasteiger partial charge in [0, 0.05) is 42.8 Å². The van der Waals surface area contributed by atoms with Crippen LogP contribution < -0.4 is 10.2 Å². The van der Waals surface area contributed by atoms with E-state index in [-0.39, 0.29) is 0 Å². The number of aromatic nitrogens is 4. The first kappa shape index (κ1) is 19.0. The summed E-state index contributed by atoms with van der Waals surface area (Å²) in [5, 5.41) is 17.8. The van der Waals surface area contributed by atoms with Crippen LogP contribution in [0.3, 0.4) is 0 Å². The Kier molecular flexibility index (Phi) is 4.94. The Hall–Kier alpha value is -3.96. The molecule has 1 aliphatic rings. The number of benzene rings is 2. The van der Waals surface area contributed by atoms with E-state index in [0.29, 0.717) is 30.5 Å². The molecule has 0 spiro atoms. The van der Waals surface area contributed by atoms with Crippen LogP contribution in [-0.2, 0) is 11.8 Å². The minimum absolute atomic E-state index is 0.618. The smallest absolute Gasteiger partial charge is 0.228 e. The van der Waals surface area contributed by atoms with Gasteiger partial charge in [0.05, 0.1) is 42.3 Å². The second kappa shape index (κ2) is 8.05. The fraction of sp³-hybridized carbons (Fsp3) is 0.217. The third kappa shape index (κ3) is 3.91. The number of ether oxygens (including phenoxy) is 1. The molecule has 1 fully saturated rings. The largest absolute Gasteiger partial charge is 0.378 e. The van der Waals surface area contributed by atoms with Crippen molar-refractivity contribution in [3.8, 4) is 17.3 Å². The number of hydrogen-bond donors (Lipinski definition) is 1. The molecule has 8 heteroatoms. The first-order valence-corrected chi connectivity index (χ1v) is 10.1. The van der Waals surface area contributed by atoms with Crippen molar-refractivity contribution in [1.29, 1.82) is 5.26 Å². The van der Waals surface area contributed by atoms with Gasteiger partial charge in [0.15, 0.2) is 0 Å². The first-order chi connectivity index (χ1) is 15.2. The summed E-state index contributed by atoms with van der Waals surface area (Å²) in [5.74, 6) is 1.36. The maximum absolute atomic E-state index is 9.03. The normalized spacial score (nSPS) is 13.9. The van der Waals surface area contributed by atoms with E-state index in [1.165, 1.54) is 0 Å². The molecule has 1 aliphatic heterocycles. The second-order valence-corrected chi connectivity index (χ2v) is 7.39. The molecule has 0 bridgehead atoms. The highest BCUT2D eigenvalue weighted by Crippen LogP contribution is 2.28. The van der Waals surface area contributed by atoms with Gasteiger partial charge < -0.3 is 15.0 Å². The fourth-order valence-corrected chi connectivity index (χ4v) is 3.63. The fourth-order valence-electron chi connectivity index (χ4n) is 3.63. The lowest BCUT2D eigenvalue weighted by molar-refractivity contribution is 0.122. The summed E-state index contributed by atoms with van der Waals surface area (Å²) >= 11 is 0. The molecule has 2 aromatic heterocycles. The molecule has 0 aliphatic carbocycles. The summed E-state index contributed by atoms with van der Waals surface area (Å²) in [6, 6.07) is 17.6. The van der Waals surface area contributed by atoms with Crippen LogP contribution in [0.15, 0.2) is 54.7 Å². The van der Waals surface area contributed by atoms with E-state index in [4.69, 9.17) is 20.0 Å². The van der Waals surface area contributed by atoms with Gasteiger partial charge in [-0.25, -0.2) is 4.98 Å². The third-order valence-corrected chi connectivity index (χ3v) is 5.34. The zero-order valence-electron chi connectivity index (χ0n) is 17.1. The monoisotopic (exact) mass is 411 g/mol. The van der Waals surface area contributed by atoms with Crippen molar-refractivity contribution in [2.45, 2.75) is 0 Å². The average Bonchev–Trinajstić information content (AvgIpc) is 3.20. The van der Waals surface area contributed by atoms with E-state index in [2.05, 4.69) is 39.6 Å². The first-order valence-electron chi connectivity index (χ1n) is 10.1. The van der Waals surface area contributed by atoms with Crippen molar-refractivity contribution >= 4 is 28.4 Å². The van der Waals surface area contributed by atoms with Gasteiger partial charge in [-0.05, 0) is 30.3 Å². The van der Waals surface area contributed by atoms with Crippen molar-refractivity contribution in [2.75, 3.05) is 36.5 Å². The molecule has 0 amide bonds. The Balaban J connectivity index is 1.56.